The first-order valence-corrected chi connectivity index (χ1v) is 8.11. The fourth-order valence-corrected chi connectivity index (χ4v) is 2.66. The number of carbonyl (C=O) groups is 1. The van der Waals surface area contributed by atoms with Gasteiger partial charge in [0.2, 0.25) is 5.91 Å². The lowest BCUT2D eigenvalue weighted by Gasteiger charge is -2.19. The molecule has 0 atom stereocenters. The molecule has 2 aromatic carbocycles. The van der Waals surface area contributed by atoms with Crippen LogP contribution in [0.1, 0.15) is 0 Å². The van der Waals surface area contributed by atoms with E-state index in [2.05, 4.69) is 10.6 Å². The molecule has 0 saturated carbocycles. The maximum absolute atomic E-state index is 12.1. The highest BCUT2D eigenvalue weighted by Gasteiger charge is 2.14. The van der Waals surface area contributed by atoms with E-state index in [4.69, 9.17) is 18.9 Å². The Morgan fingerprint density at radius 3 is 1.92 bits per heavy atom. The monoisotopic (exact) mass is 342 g/mol. The van der Waals surface area contributed by atoms with Gasteiger partial charge in [0.15, 0.2) is 23.0 Å². The van der Waals surface area contributed by atoms with Gasteiger partial charge in [-0.2, -0.15) is 0 Å². The molecule has 2 aliphatic rings. The van der Waals surface area contributed by atoms with E-state index in [0.717, 1.165) is 11.4 Å². The Kier molecular flexibility index (Phi) is 4.20. The van der Waals surface area contributed by atoms with Crippen LogP contribution in [0.4, 0.5) is 11.4 Å². The third-order valence-electron chi connectivity index (χ3n) is 3.82. The van der Waals surface area contributed by atoms with E-state index in [1.165, 1.54) is 0 Å². The second-order valence-electron chi connectivity index (χ2n) is 5.62. The zero-order valence-electron chi connectivity index (χ0n) is 13.5. The van der Waals surface area contributed by atoms with Crippen LogP contribution in [-0.4, -0.2) is 38.9 Å². The molecule has 0 fully saturated rings. The molecule has 0 radical (unpaired) electrons. The van der Waals surface area contributed by atoms with Gasteiger partial charge in [0.05, 0.1) is 6.54 Å². The summed E-state index contributed by atoms with van der Waals surface area (Å²) in [6.45, 7) is 2.26. The van der Waals surface area contributed by atoms with Crippen LogP contribution in [0, 0.1) is 0 Å². The number of fused-ring (bicyclic) bond motifs is 2. The van der Waals surface area contributed by atoms with Crippen molar-refractivity contribution in [2.24, 2.45) is 0 Å². The first kappa shape index (κ1) is 15.4. The van der Waals surface area contributed by atoms with Crippen molar-refractivity contribution in [3.05, 3.63) is 36.4 Å². The summed E-state index contributed by atoms with van der Waals surface area (Å²) in [6.07, 6.45) is 0. The Morgan fingerprint density at radius 1 is 0.760 bits per heavy atom. The van der Waals surface area contributed by atoms with Gasteiger partial charge in [-0.25, -0.2) is 0 Å². The summed E-state index contributed by atoms with van der Waals surface area (Å²) in [6, 6.07) is 10.8. The first-order chi connectivity index (χ1) is 12.3. The topological polar surface area (TPSA) is 78.1 Å². The van der Waals surface area contributed by atoms with Gasteiger partial charge in [-0.1, -0.05) is 0 Å². The Bertz CT molecular complexity index is 793. The number of ether oxygens (including phenoxy) is 4. The van der Waals surface area contributed by atoms with E-state index in [0.29, 0.717) is 49.4 Å². The summed E-state index contributed by atoms with van der Waals surface area (Å²) >= 11 is 0. The Balaban J connectivity index is 1.35. The summed E-state index contributed by atoms with van der Waals surface area (Å²) < 4.78 is 22.0. The zero-order chi connectivity index (χ0) is 17.1. The van der Waals surface area contributed by atoms with Crippen molar-refractivity contribution in [2.75, 3.05) is 43.6 Å². The zero-order valence-corrected chi connectivity index (χ0v) is 13.5. The van der Waals surface area contributed by atoms with Gasteiger partial charge < -0.3 is 29.6 Å². The molecule has 130 valence electrons. The van der Waals surface area contributed by atoms with E-state index < -0.39 is 0 Å². The molecule has 0 aromatic heterocycles. The van der Waals surface area contributed by atoms with Crippen LogP contribution in [0.3, 0.4) is 0 Å². The van der Waals surface area contributed by atoms with Gasteiger partial charge in [-0.15, -0.1) is 0 Å². The van der Waals surface area contributed by atoms with E-state index in [9.17, 15) is 4.79 Å². The molecular weight excluding hydrogens is 324 g/mol. The second-order valence-corrected chi connectivity index (χ2v) is 5.62. The average molecular weight is 342 g/mol. The number of amides is 1. The molecule has 0 bridgehead atoms. The minimum atomic E-state index is -0.161. The number of anilines is 2. The number of hydrogen-bond acceptors (Lipinski definition) is 6. The quantitative estimate of drug-likeness (QED) is 0.888. The van der Waals surface area contributed by atoms with Crippen LogP contribution in [0.25, 0.3) is 0 Å². The highest BCUT2D eigenvalue weighted by Crippen LogP contribution is 2.33. The van der Waals surface area contributed by atoms with Crippen LogP contribution in [0.5, 0.6) is 23.0 Å². The molecule has 7 heteroatoms. The molecule has 7 nitrogen and oxygen atoms in total. The highest BCUT2D eigenvalue weighted by atomic mass is 16.6. The fourth-order valence-electron chi connectivity index (χ4n) is 2.66. The smallest absolute Gasteiger partial charge is 0.243 e. The molecule has 4 rings (SSSR count). The van der Waals surface area contributed by atoms with E-state index in [1.807, 2.05) is 18.2 Å². The third-order valence-corrected chi connectivity index (χ3v) is 3.82. The minimum absolute atomic E-state index is 0.133. The van der Waals surface area contributed by atoms with Crippen molar-refractivity contribution in [3.63, 3.8) is 0 Å². The van der Waals surface area contributed by atoms with Crippen molar-refractivity contribution >= 4 is 17.3 Å². The van der Waals surface area contributed by atoms with Crippen LogP contribution >= 0.6 is 0 Å². The predicted molar refractivity (Wildman–Crippen MR) is 92.0 cm³/mol. The molecule has 0 unspecified atom stereocenters. The first-order valence-electron chi connectivity index (χ1n) is 8.11. The molecule has 0 spiro atoms. The second kappa shape index (κ2) is 6.80. The normalized spacial score (nSPS) is 14.6. The molecular formula is C18H18N2O5. The van der Waals surface area contributed by atoms with Gasteiger partial charge in [0.1, 0.15) is 26.4 Å². The number of rotatable bonds is 4. The van der Waals surface area contributed by atoms with Crippen LogP contribution in [0.15, 0.2) is 36.4 Å². The van der Waals surface area contributed by atoms with Gasteiger partial charge >= 0.3 is 0 Å². The summed E-state index contributed by atoms with van der Waals surface area (Å²) in [5, 5.41) is 5.91. The van der Waals surface area contributed by atoms with E-state index >= 15 is 0 Å². The fraction of sp³-hybridized carbons (Fsp3) is 0.278. The standard InChI is InChI=1S/C18H18N2O5/c21-18(20-13-2-4-15-17(10-13)25-8-6-23-15)11-19-12-1-3-14-16(9-12)24-7-5-22-14/h1-4,9-10,19H,5-8,11H2,(H,20,21). The largest absolute Gasteiger partial charge is 0.486 e. The number of nitrogens with one attached hydrogen (secondary N) is 2. The predicted octanol–water partition coefficient (Wildman–Crippen LogP) is 2.28. The Labute approximate surface area is 144 Å². The summed E-state index contributed by atoms with van der Waals surface area (Å²) in [5.41, 5.74) is 1.46. The summed E-state index contributed by atoms with van der Waals surface area (Å²) in [7, 11) is 0. The van der Waals surface area contributed by atoms with Crippen molar-refractivity contribution in [1.82, 2.24) is 0 Å². The maximum Gasteiger partial charge on any atom is 0.243 e. The molecule has 2 aromatic rings. The Hall–Kier alpha value is -3.09. The van der Waals surface area contributed by atoms with E-state index in [1.54, 1.807) is 18.2 Å². The third kappa shape index (κ3) is 3.55. The lowest BCUT2D eigenvalue weighted by molar-refractivity contribution is -0.114. The Morgan fingerprint density at radius 2 is 1.28 bits per heavy atom. The van der Waals surface area contributed by atoms with Gasteiger partial charge in [-0.3, -0.25) is 4.79 Å². The highest BCUT2D eigenvalue weighted by molar-refractivity contribution is 5.94. The van der Waals surface area contributed by atoms with Crippen molar-refractivity contribution < 1.29 is 23.7 Å². The lowest BCUT2D eigenvalue weighted by Crippen LogP contribution is -2.22. The molecule has 2 heterocycles. The van der Waals surface area contributed by atoms with Crippen LogP contribution in [0.2, 0.25) is 0 Å². The molecule has 0 saturated heterocycles. The number of carbonyl (C=O) groups excluding carboxylic acids is 1. The van der Waals surface area contributed by atoms with Crippen LogP contribution < -0.4 is 29.6 Å². The SMILES string of the molecule is O=C(CNc1ccc2c(c1)OCCO2)Nc1ccc2c(c1)OCCO2. The van der Waals surface area contributed by atoms with Crippen molar-refractivity contribution in [2.45, 2.75) is 0 Å². The number of hydrogen-bond donors (Lipinski definition) is 2. The molecule has 2 N–H and O–H groups in total. The van der Waals surface area contributed by atoms with E-state index in [-0.39, 0.29) is 12.5 Å². The molecule has 1 amide bonds. The summed E-state index contributed by atoms with van der Waals surface area (Å²) in [4.78, 5) is 12.1. The van der Waals surface area contributed by atoms with Crippen molar-refractivity contribution in [3.8, 4) is 23.0 Å². The van der Waals surface area contributed by atoms with Gasteiger partial charge in [0.25, 0.3) is 0 Å². The lowest BCUT2D eigenvalue weighted by atomic mass is 10.2. The minimum Gasteiger partial charge on any atom is -0.486 e. The average Bonchev–Trinajstić information content (AvgIpc) is 2.66. The molecule has 25 heavy (non-hydrogen) atoms. The number of benzene rings is 2. The maximum atomic E-state index is 12.1. The summed E-state index contributed by atoms with van der Waals surface area (Å²) in [5.74, 6) is 2.58. The molecule has 0 aliphatic carbocycles. The van der Waals surface area contributed by atoms with Crippen molar-refractivity contribution in [1.29, 1.82) is 0 Å². The molecule has 2 aliphatic heterocycles. The van der Waals surface area contributed by atoms with Gasteiger partial charge in [0, 0.05) is 23.5 Å². The van der Waals surface area contributed by atoms with Gasteiger partial charge in [-0.05, 0) is 24.3 Å². The van der Waals surface area contributed by atoms with Crippen LogP contribution in [-0.2, 0) is 4.79 Å².